The third-order valence-corrected chi connectivity index (χ3v) is 4.66. The maximum absolute atomic E-state index is 12.8. The molecule has 0 aliphatic heterocycles. The lowest BCUT2D eigenvalue weighted by Crippen LogP contribution is -2.19. The number of ketones is 1. The molecule has 0 radical (unpaired) electrons. The van der Waals surface area contributed by atoms with E-state index in [-0.39, 0.29) is 27.7 Å². The summed E-state index contributed by atoms with van der Waals surface area (Å²) in [6.45, 7) is -1.46. The van der Waals surface area contributed by atoms with Crippen molar-refractivity contribution >= 4 is 16.6 Å². The van der Waals surface area contributed by atoms with Crippen LogP contribution in [0.2, 0.25) is 0 Å². The van der Waals surface area contributed by atoms with Crippen LogP contribution in [0, 0.1) is 0 Å². The quantitative estimate of drug-likeness (QED) is 0.726. The van der Waals surface area contributed by atoms with E-state index >= 15 is 0 Å². The van der Waals surface area contributed by atoms with Gasteiger partial charge in [0.1, 0.15) is 5.75 Å². The standard InChI is InChI=1S/C16H14F3NO4S/c1-25(22)13-6-10(23-8-16(17,18)19)4-5-11(13)14(21)12-7-20-24-15(12)9-2-3-9/h4-7,9H,2-3,8H2,1H3. The van der Waals surface area contributed by atoms with Gasteiger partial charge in [0.2, 0.25) is 0 Å². The first-order valence-electron chi connectivity index (χ1n) is 7.42. The van der Waals surface area contributed by atoms with Gasteiger partial charge >= 0.3 is 6.18 Å². The molecule has 1 fully saturated rings. The molecule has 1 aliphatic carbocycles. The van der Waals surface area contributed by atoms with Crippen molar-refractivity contribution in [2.45, 2.75) is 29.8 Å². The number of hydrogen-bond donors (Lipinski definition) is 0. The van der Waals surface area contributed by atoms with Gasteiger partial charge in [-0.25, -0.2) is 0 Å². The Morgan fingerprint density at radius 1 is 1.36 bits per heavy atom. The van der Waals surface area contributed by atoms with E-state index in [1.807, 2.05) is 0 Å². The van der Waals surface area contributed by atoms with Crippen molar-refractivity contribution in [3.8, 4) is 5.75 Å². The molecular weight excluding hydrogens is 359 g/mol. The van der Waals surface area contributed by atoms with Crippen molar-refractivity contribution in [2.75, 3.05) is 12.9 Å². The topological polar surface area (TPSA) is 69.4 Å². The number of nitrogens with zero attached hydrogens (tertiary/aromatic N) is 1. The van der Waals surface area contributed by atoms with E-state index in [0.29, 0.717) is 5.76 Å². The lowest BCUT2D eigenvalue weighted by molar-refractivity contribution is -0.153. The number of carbonyl (C=O) groups excluding carboxylic acids is 1. The Bertz CT molecular complexity index is 827. The van der Waals surface area contributed by atoms with E-state index in [1.54, 1.807) is 0 Å². The fourth-order valence-corrected chi connectivity index (χ4v) is 3.14. The van der Waals surface area contributed by atoms with E-state index < -0.39 is 29.4 Å². The van der Waals surface area contributed by atoms with Crippen molar-refractivity contribution < 1.29 is 31.4 Å². The van der Waals surface area contributed by atoms with Crippen LogP contribution in [-0.2, 0) is 10.8 Å². The zero-order chi connectivity index (χ0) is 18.2. The highest BCUT2D eigenvalue weighted by Gasteiger charge is 2.33. The zero-order valence-electron chi connectivity index (χ0n) is 13.1. The Morgan fingerprint density at radius 3 is 2.68 bits per heavy atom. The second-order valence-corrected chi connectivity index (χ2v) is 7.07. The molecule has 1 unspecified atom stereocenters. The fraction of sp³-hybridized carbons (Fsp3) is 0.375. The summed E-state index contributed by atoms with van der Waals surface area (Å²) in [6, 6.07) is 3.76. The largest absolute Gasteiger partial charge is 0.484 e. The molecule has 3 rings (SSSR count). The molecule has 1 aromatic heterocycles. The monoisotopic (exact) mass is 373 g/mol. The summed E-state index contributed by atoms with van der Waals surface area (Å²) in [6.07, 6.45) is -0.0123. The Hall–Kier alpha value is -2.16. The molecule has 1 aliphatic rings. The number of hydrogen-bond acceptors (Lipinski definition) is 5. The number of rotatable bonds is 6. The normalized spacial score (nSPS) is 15.8. The van der Waals surface area contributed by atoms with E-state index in [2.05, 4.69) is 9.89 Å². The van der Waals surface area contributed by atoms with Gasteiger partial charge in [0, 0.05) is 17.7 Å². The molecule has 2 aromatic rings. The molecule has 0 amide bonds. The van der Waals surface area contributed by atoms with Gasteiger partial charge in [-0.2, -0.15) is 13.2 Å². The molecule has 1 atom stereocenters. The Kier molecular flexibility index (Phi) is 4.68. The molecule has 1 aromatic carbocycles. The molecule has 5 nitrogen and oxygen atoms in total. The van der Waals surface area contributed by atoms with Crippen LogP contribution in [0.25, 0.3) is 0 Å². The van der Waals surface area contributed by atoms with E-state index in [1.165, 1.54) is 30.7 Å². The average molecular weight is 373 g/mol. The first kappa shape index (κ1) is 17.7. The summed E-state index contributed by atoms with van der Waals surface area (Å²) in [7, 11) is -1.59. The van der Waals surface area contributed by atoms with Crippen LogP contribution in [0.3, 0.4) is 0 Å². The van der Waals surface area contributed by atoms with Gasteiger partial charge in [0.15, 0.2) is 18.2 Å². The summed E-state index contributed by atoms with van der Waals surface area (Å²) in [5.74, 6) is 0.129. The Labute approximate surface area is 143 Å². The van der Waals surface area contributed by atoms with Crippen LogP contribution in [0.1, 0.15) is 40.4 Å². The van der Waals surface area contributed by atoms with Gasteiger partial charge < -0.3 is 9.26 Å². The molecule has 1 heterocycles. The summed E-state index contributed by atoms with van der Waals surface area (Å²) < 4.78 is 58.5. The third kappa shape index (κ3) is 4.09. The minimum absolute atomic E-state index is 0.104. The SMILES string of the molecule is CS(=O)c1cc(OCC(F)(F)F)ccc1C(=O)c1cnoc1C1CC1. The van der Waals surface area contributed by atoms with Gasteiger partial charge in [0.05, 0.1) is 27.5 Å². The molecule has 25 heavy (non-hydrogen) atoms. The molecule has 134 valence electrons. The third-order valence-electron chi connectivity index (χ3n) is 3.70. The molecule has 0 spiro atoms. The summed E-state index contributed by atoms with van der Waals surface area (Å²) >= 11 is 0. The van der Waals surface area contributed by atoms with Crippen LogP contribution in [0.4, 0.5) is 13.2 Å². The van der Waals surface area contributed by atoms with Crippen molar-refractivity contribution in [1.29, 1.82) is 0 Å². The Balaban J connectivity index is 1.91. The molecule has 9 heteroatoms. The predicted octanol–water partition coefficient (Wildman–Crippen LogP) is 3.46. The van der Waals surface area contributed by atoms with Gasteiger partial charge in [-0.15, -0.1) is 0 Å². The molecule has 0 bridgehead atoms. The van der Waals surface area contributed by atoms with Crippen molar-refractivity contribution in [2.24, 2.45) is 0 Å². The molecule has 0 saturated heterocycles. The smallest absolute Gasteiger partial charge is 0.422 e. The maximum Gasteiger partial charge on any atom is 0.422 e. The van der Waals surface area contributed by atoms with Crippen molar-refractivity contribution in [1.82, 2.24) is 5.16 Å². The second-order valence-electron chi connectivity index (χ2n) is 5.72. The number of aromatic nitrogens is 1. The van der Waals surface area contributed by atoms with Crippen LogP contribution < -0.4 is 4.74 Å². The van der Waals surface area contributed by atoms with Gasteiger partial charge in [-0.1, -0.05) is 5.16 Å². The number of carbonyl (C=O) groups is 1. The van der Waals surface area contributed by atoms with E-state index in [9.17, 15) is 22.2 Å². The first-order chi connectivity index (χ1) is 11.8. The number of ether oxygens (including phenoxy) is 1. The summed E-state index contributed by atoms with van der Waals surface area (Å²) in [5.41, 5.74) is 0.420. The second kappa shape index (κ2) is 6.62. The van der Waals surface area contributed by atoms with E-state index in [4.69, 9.17) is 4.52 Å². The van der Waals surface area contributed by atoms with Crippen LogP contribution in [0.5, 0.6) is 5.75 Å². The van der Waals surface area contributed by atoms with Gasteiger partial charge in [-0.05, 0) is 31.0 Å². The van der Waals surface area contributed by atoms with Crippen molar-refractivity contribution in [3.63, 3.8) is 0 Å². The first-order valence-corrected chi connectivity index (χ1v) is 8.98. The van der Waals surface area contributed by atoms with Crippen LogP contribution in [0.15, 0.2) is 33.8 Å². The van der Waals surface area contributed by atoms with E-state index in [0.717, 1.165) is 12.8 Å². The highest BCUT2D eigenvalue weighted by Crippen LogP contribution is 2.42. The lowest BCUT2D eigenvalue weighted by atomic mass is 10.0. The van der Waals surface area contributed by atoms with Gasteiger partial charge in [-0.3, -0.25) is 9.00 Å². The average Bonchev–Trinajstić information content (AvgIpc) is 3.28. The number of alkyl halides is 3. The maximum atomic E-state index is 12.8. The number of benzene rings is 1. The molecule has 0 N–H and O–H groups in total. The highest BCUT2D eigenvalue weighted by molar-refractivity contribution is 7.84. The van der Waals surface area contributed by atoms with Crippen LogP contribution in [-0.4, -0.2) is 34.2 Å². The zero-order valence-corrected chi connectivity index (χ0v) is 13.9. The lowest BCUT2D eigenvalue weighted by Gasteiger charge is -2.12. The molecule has 1 saturated carbocycles. The summed E-state index contributed by atoms with van der Waals surface area (Å²) in [4.78, 5) is 12.9. The summed E-state index contributed by atoms with van der Waals surface area (Å²) in [5, 5.41) is 3.66. The highest BCUT2D eigenvalue weighted by atomic mass is 32.2. The minimum Gasteiger partial charge on any atom is -0.484 e. The van der Waals surface area contributed by atoms with Crippen LogP contribution >= 0.6 is 0 Å². The van der Waals surface area contributed by atoms with Gasteiger partial charge in [0.25, 0.3) is 0 Å². The fourth-order valence-electron chi connectivity index (χ4n) is 2.39. The minimum atomic E-state index is -4.48. The number of halogens is 3. The van der Waals surface area contributed by atoms with Crippen molar-refractivity contribution in [3.05, 3.63) is 41.3 Å². The Morgan fingerprint density at radius 2 is 2.08 bits per heavy atom. The predicted molar refractivity (Wildman–Crippen MR) is 82.2 cm³/mol. The molecular formula is C16H14F3NO4S.